The van der Waals surface area contributed by atoms with Gasteiger partial charge in [-0.3, -0.25) is 14.5 Å². The summed E-state index contributed by atoms with van der Waals surface area (Å²) in [6.07, 6.45) is 4.02. The molecular formula is C9H13NO2. The Hall–Kier alpha value is -1.12. The topological polar surface area (TPSA) is 37.4 Å². The van der Waals surface area contributed by atoms with E-state index in [1.165, 1.54) is 13.1 Å². The van der Waals surface area contributed by atoms with Gasteiger partial charge in [0, 0.05) is 19.5 Å². The van der Waals surface area contributed by atoms with Gasteiger partial charge in [0.2, 0.25) is 11.8 Å². The van der Waals surface area contributed by atoms with Gasteiger partial charge in [-0.2, -0.15) is 0 Å². The molecule has 2 amide bonds. The smallest absolute Gasteiger partial charge is 0.233 e. The van der Waals surface area contributed by atoms with E-state index in [1.54, 1.807) is 0 Å². The third kappa shape index (κ3) is 2.19. The maximum absolute atomic E-state index is 11.3. The number of imide groups is 1. The lowest BCUT2D eigenvalue weighted by Gasteiger charge is -2.12. The van der Waals surface area contributed by atoms with Gasteiger partial charge < -0.3 is 0 Å². The Labute approximate surface area is 72.0 Å². The highest BCUT2D eigenvalue weighted by Crippen LogP contribution is 2.32. The molecule has 0 saturated heterocycles. The fourth-order valence-electron chi connectivity index (χ4n) is 1.07. The van der Waals surface area contributed by atoms with Crippen molar-refractivity contribution in [2.75, 3.05) is 0 Å². The van der Waals surface area contributed by atoms with Gasteiger partial charge in [-0.15, -0.1) is 0 Å². The van der Waals surface area contributed by atoms with E-state index in [2.05, 4.69) is 6.58 Å². The Balaban J connectivity index is 2.45. The number of hydrogen-bond donors (Lipinski definition) is 0. The van der Waals surface area contributed by atoms with E-state index in [1.807, 2.05) is 0 Å². The molecule has 0 aromatic carbocycles. The monoisotopic (exact) mass is 167 g/mol. The van der Waals surface area contributed by atoms with E-state index in [9.17, 15) is 9.59 Å². The minimum atomic E-state index is -0.254. The van der Waals surface area contributed by atoms with Crippen molar-refractivity contribution in [1.82, 2.24) is 4.90 Å². The van der Waals surface area contributed by atoms with Crippen LogP contribution >= 0.6 is 0 Å². The molecule has 1 aliphatic rings. The van der Waals surface area contributed by atoms with Crippen molar-refractivity contribution in [2.45, 2.75) is 26.2 Å². The molecule has 0 heterocycles. The fraction of sp³-hybridized carbons (Fsp3) is 0.556. The summed E-state index contributed by atoms with van der Waals surface area (Å²) in [5.74, 6) is 0.134. The third-order valence-corrected chi connectivity index (χ3v) is 1.95. The molecule has 0 spiro atoms. The Bertz CT molecular complexity index is 219. The van der Waals surface area contributed by atoms with Gasteiger partial charge in [0.15, 0.2) is 0 Å². The van der Waals surface area contributed by atoms with Crippen molar-refractivity contribution in [1.29, 1.82) is 0 Å². The first-order valence-corrected chi connectivity index (χ1v) is 4.10. The summed E-state index contributed by atoms with van der Waals surface area (Å²) in [6, 6.07) is 0. The second-order valence-corrected chi connectivity index (χ2v) is 3.11. The van der Waals surface area contributed by atoms with Gasteiger partial charge in [-0.05, 0) is 18.8 Å². The molecule has 0 bridgehead atoms. The lowest BCUT2D eigenvalue weighted by Crippen LogP contribution is -2.29. The standard InChI is InChI=1S/C9H13NO2/c1-3-10(7(2)11)9(12)6-8-4-5-8/h3,8H,1,4-6H2,2H3. The van der Waals surface area contributed by atoms with Crippen molar-refractivity contribution < 1.29 is 9.59 Å². The number of carbonyl (C=O) groups is 2. The van der Waals surface area contributed by atoms with Crippen LogP contribution in [0.5, 0.6) is 0 Å². The summed E-state index contributed by atoms with van der Waals surface area (Å²) in [7, 11) is 0. The van der Waals surface area contributed by atoms with Crippen LogP contribution in [0.1, 0.15) is 26.2 Å². The summed E-state index contributed by atoms with van der Waals surface area (Å²) in [6.45, 7) is 4.78. The number of rotatable bonds is 3. The Morgan fingerprint density at radius 1 is 1.58 bits per heavy atom. The first-order chi connectivity index (χ1) is 5.65. The van der Waals surface area contributed by atoms with Crippen molar-refractivity contribution >= 4 is 11.8 Å². The molecule has 1 saturated carbocycles. The molecule has 3 nitrogen and oxygen atoms in total. The molecule has 66 valence electrons. The van der Waals surface area contributed by atoms with Gasteiger partial charge in [-0.1, -0.05) is 6.58 Å². The molecule has 0 N–H and O–H groups in total. The normalized spacial score (nSPS) is 15.4. The average molecular weight is 167 g/mol. The fourth-order valence-corrected chi connectivity index (χ4v) is 1.07. The summed E-state index contributed by atoms with van der Waals surface area (Å²) >= 11 is 0. The first-order valence-electron chi connectivity index (χ1n) is 4.10. The molecule has 3 heteroatoms. The van der Waals surface area contributed by atoms with E-state index in [0.29, 0.717) is 12.3 Å². The van der Waals surface area contributed by atoms with E-state index in [0.717, 1.165) is 17.7 Å². The minimum Gasteiger partial charge on any atom is -0.274 e. The SMILES string of the molecule is C=CN(C(C)=O)C(=O)CC1CC1. The van der Waals surface area contributed by atoms with Gasteiger partial charge >= 0.3 is 0 Å². The van der Waals surface area contributed by atoms with Crippen LogP contribution in [0, 0.1) is 5.92 Å². The van der Waals surface area contributed by atoms with E-state index >= 15 is 0 Å². The van der Waals surface area contributed by atoms with Crippen LogP contribution in [0.15, 0.2) is 12.8 Å². The van der Waals surface area contributed by atoms with Crippen molar-refractivity contribution in [3.63, 3.8) is 0 Å². The zero-order chi connectivity index (χ0) is 9.14. The van der Waals surface area contributed by atoms with Crippen molar-refractivity contribution in [2.24, 2.45) is 5.92 Å². The highest BCUT2D eigenvalue weighted by molar-refractivity contribution is 5.95. The molecule has 1 rings (SSSR count). The highest BCUT2D eigenvalue weighted by atomic mass is 16.2. The number of hydrogen-bond acceptors (Lipinski definition) is 2. The number of nitrogens with zero attached hydrogens (tertiary/aromatic N) is 1. The summed E-state index contributed by atoms with van der Waals surface area (Å²) < 4.78 is 0. The van der Waals surface area contributed by atoms with E-state index < -0.39 is 0 Å². The summed E-state index contributed by atoms with van der Waals surface area (Å²) in [4.78, 5) is 23.2. The Morgan fingerprint density at radius 2 is 2.17 bits per heavy atom. The molecular weight excluding hydrogens is 154 g/mol. The number of carbonyl (C=O) groups excluding carboxylic acids is 2. The molecule has 1 aliphatic carbocycles. The predicted molar refractivity (Wildman–Crippen MR) is 45.1 cm³/mol. The molecule has 12 heavy (non-hydrogen) atoms. The second-order valence-electron chi connectivity index (χ2n) is 3.11. The molecule has 0 aliphatic heterocycles. The summed E-state index contributed by atoms with van der Waals surface area (Å²) in [5, 5.41) is 0. The van der Waals surface area contributed by atoms with Crippen LogP contribution in [0.4, 0.5) is 0 Å². The second kappa shape index (κ2) is 3.52. The summed E-state index contributed by atoms with van der Waals surface area (Å²) in [5.41, 5.74) is 0. The maximum atomic E-state index is 11.3. The lowest BCUT2D eigenvalue weighted by atomic mass is 10.2. The van der Waals surface area contributed by atoms with Crippen LogP contribution in [0.3, 0.4) is 0 Å². The average Bonchev–Trinajstić information content (AvgIpc) is 2.71. The van der Waals surface area contributed by atoms with Gasteiger partial charge in [0.05, 0.1) is 0 Å². The highest BCUT2D eigenvalue weighted by Gasteiger charge is 2.27. The quantitative estimate of drug-likeness (QED) is 0.635. The Kier molecular flexibility index (Phi) is 2.63. The molecule has 0 atom stereocenters. The van der Waals surface area contributed by atoms with Crippen LogP contribution in [0.2, 0.25) is 0 Å². The molecule has 1 fully saturated rings. The molecule has 0 aromatic heterocycles. The van der Waals surface area contributed by atoms with Crippen LogP contribution in [-0.4, -0.2) is 16.7 Å². The number of amides is 2. The largest absolute Gasteiger partial charge is 0.274 e. The van der Waals surface area contributed by atoms with E-state index in [4.69, 9.17) is 0 Å². The van der Waals surface area contributed by atoms with Gasteiger partial charge in [0.25, 0.3) is 0 Å². The molecule has 0 unspecified atom stereocenters. The van der Waals surface area contributed by atoms with Crippen LogP contribution < -0.4 is 0 Å². The lowest BCUT2D eigenvalue weighted by molar-refractivity contribution is -0.140. The first kappa shape index (κ1) is 8.97. The van der Waals surface area contributed by atoms with Gasteiger partial charge in [-0.25, -0.2) is 0 Å². The van der Waals surface area contributed by atoms with Crippen molar-refractivity contribution in [3.05, 3.63) is 12.8 Å². The van der Waals surface area contributed by atoms with E-state index in [-0.39, 0.29) is 11.8 Å². The predicted octanol–water partition coefficient (Wildman–Crippen LogP) is 1.31. The van der Waals surface area contributed by atoms with Crippen LogP contribution in [0.25, 0.3) is 0 Å². The van der Waals surface area contributed by atoms with Crippen LogP contribution in [-0.2, 0) is 9.59 Å². The van der Waals surface area contributed by atoms with Gasteiger partial charge in [0.1, 0.15) is 0 Å². The Morgan fingerprint density at radius 3 is 2.50 bits per heavy atom. The third-order valence-electron chi connectivity index (χ3n) is 1.95. The maximum Gasteiger partial charge on any atom is 0.233 e. The van der Waals surface area contributed by atoms with Crippen molar-refractivity contribution in [3.8, 4) is 0 Å². The zero-order valence-electron chi connectivity index (χ0n) is 7.25. The zero-order valence-corrected chi connectivity index (χ0v) is 7.25. The molecule has 0 radical (unpaired) electrons. The molecule has 0 aromatic rings. The minimum absolute atomic E-state index is 0.125.